The Balaban J connectivity index is 2.51. The first-order valence-electron chi connectivity index (χ1n) is 5.99. The predicted octanol–water partition coefficient (Wildman–Crippen LogP) is 3.45. The predicted molar refractivity (Wildman–Crippen MR) is 62.5 cm³/mol. The molecule has 0 aromatic rings. The molecule has 2 rings (SSSR count). The van der Waals surface area contributed by atoms with E-state index in [0.29, 0.717) is 24.0 Å². The summed E-state index contributed by atoms with van der Waals surface area (Å²) in [5.41, 5.74) is 0.400. The van der Waals surface area contributed by atoms with Crippen molar-refractivity contribution in [2.24, 2.45) is 28.6 Å². The zero-order valence-electron chi connectivity index (χ0n) is 10.5. The van der Waals surface area contributed by atoms with E-state index < -0.39 is 0 Å². The number of rotatable bonds is 0. The lowest BCUT2D eigenvalue weighted by atomic mass is 9.71. The van der Waals surface area contributed by atoms with Crippen molar-refractivity contribution < 1.29 is 4.79 Å². The van der Waals surface area contributed by atoms with E-state index >= 15 is 0 Å². The van der Waals surface area contributed by atoms with E-state index in [1.165, 1.54) is 0 Å². The largest absolute Gasteiger partial charge is 0.299 e. The molecule has 0 radical (unpaired) electrons. The molecule has 15 heavy (non-hydrogen) atoms. The van der Waals surface area contributed by atoms with Gasteiger partial charge < -0.3 is 0 Å². The zero-order valence-corrected chi connectivity index (χ0v) is 10.5. The van der Waals surface area contributed by atoms with E-state index in [0.717, 1.165) is 0 Å². The number of fused-ring (bicyclic) bond motifs is 1. The minimum Gasteiger partial charge on any atom is -0.299 e. The van der Waals surface area contributed by atoms with Crippen LogP contribution in [-0.4, -0.2) is 5.78 Å². The third kappa shape index (κ3) is 1.25. The Hall–Kier alpha value is -0.590. The van der Waals surface area contributed by atoms with Crippen molar-refractivity contribution in [3.05, 3.63) is 12.2 Å². The molecule has 1 saturated carbocycles. The van der Waals surface area contributed by atoms with Gasteiger partial charge in [-0.25, -0.2) is 0 Å². The van der Waals surface area contributed by atoms with Gasteiger partial charge in [-0.2, -0.15) is 0 Å². The summed E-state index contributed by atoms with van der Waals surface area (Å²) in [7, 11) is 0. The van der Waals surface area contributed by atoms with E-state index in [-0.39, 0.29) is 16.7 Å². The zero-order chi connectivity index (χ0) is 11.4. The maximum absolute atomic E-state index is 12.1. The van der Waals surface area contributed by atoms with Gasteiger partial charge in [0.1, 0.15) is 5.78 Å². The normalized spacial score (nSPS) is 41.7. The van der Waals surface area contributed by atoms with Gasteiger partial charge in [-0.3, -0.25) is 4.79 Å². The Bertz CT molecular complexity index is 322. The maximum atomic E-state index is 12.1. The third-order valence-corrected chi connectivity index (χ3v) is 5.26. The standard InChI is InChI=1S/C14H22O/c1-9-13(2,3)10-7-6-8-11(15)12(10)14(9,4)5/h6-7,9-10,12H,8H2,1-5H3. The summed E-state index contributed by atoms with van der Waals surface area (Å²) >= 11 is 0. The lowest BCUT2D eigenvalue weighted by molar-refractivity contribution is -0.126. The quantitative estimate of drug-likeness (QED) is 0.555. The van der Waals surface area contributed by atoms with Gasteiger partial charge in [-0.15, -0.1) is 0 Å². The van der Waals surface area contributed by atoms with Crippen molar-refractivity contribution in [3.63, 3.8) is 0 Å². The van der Waals surface area contributed by atoms with Crippen LogP contribution in [0.5, 0.6) is 0 Å². The SMILES string of the molecule is CC1C(C)(C)C2C=CCC(=O)C2C1(C)C. The summed E-state index contributed by atoms with van der Waals surface area (Å²) in [5.74, 6) is 1.73. The van der Waals surface area contributed by atoms with Crippen LogP contribution in [0.1, 0.15) is 41.0 Å². The van der Waals surface area contributed by atoms with Crippen LogP contribution in [-0.2, 0) is 4.79 Å². The van der Waals surface area contributed by atoms with Crippen LogP contribution in [0.4, 0.5) is 0 Å². The highest BCUT2D eigenvalue weighted by molar-refractivity contribution is 5.85. The second-order valence-electron chi connectivity index (χ2n) is 6.47. The monoisotopic (exact) mass is 206 g/mol. The molecule has 2 aliphatic carbocycles. The number of ketones is 1. The molecule has 1 heteroatoms. The lowest BCUT2D eigenvalue weighted by Crippen LogP contribution is -2.33. The molecule has 1 fully saturated rings. The highest BCUT2D eigenvalue weighted by atomic mass is 16.1. The first-order chi connectivity index (χ1) is 6.79. The van der Waals surface area contributed by atoms with Crippen LogP contribution in [0.2, 0.25) is 0 Å². The van der Waals surface area contributed by atoms with Gasteiger partial charge in [0, 0.05) is 12.3 Å². The molecular formula is C14H22O. The molecule has 0 heterocycles. The topological polar surface area (TPSA) is 17.1 Å². The molecule has 3 unspecified atom stereocenters. The number of carbonyl (C=O) groups excluding carboxylic acids is 1. The molecule has 0 amide bonds. The first kappa shape index (κ1) is 10.9. The molecule has 84 valence electrons. The number of hydrogen-bond donors (Lipinski definition) is 0. The summed E-state index contributed by atoms with van der Waals surface area (Å²) in [5, 5.41) is 0. The number of Topliss-reactive ketones (excluding diaryl/α,β-unsaturated/α-hetero) is 1. The van der Waals surface area contributed by atoms with Gasteiger partial charge in [-0.1, -0.05) is 46.8 Å². The van der Waals surface area contributed by atoms with Crippen molar-refractivity contribution in [3.8, 4) is 0 Å². The van der Waals surface area contributed by atoms with Crippen LogP contribution in [0, 0.1) is 28.6 Å². The summed E-state index contributed by atoms with van der Waals surface area (Å²) in [4.78, 5) is 12.1. The van der Waals surface area contributed by atoms with Crippen LogP contribution in [0.3, 0.4) is 0 Å². The molecule has 0 bridgehead atoms. The molecule has 3 atom stereocenters. The van der Waals surface area contributed by atoms with Crippen molar-refractivity contribution in [1.82, 2.24) is 0 Å². The van der Waals surface area contributed by atoms with Gasteiger partial charge in [0.15, 0.2) is 0 Å². The Kier molecular flexibility index (Phi) is 2.15. The van der Waals surface area contributed by atoms with Crippen LogP contribution < -0.4 is 0 Å². The van der Waals surface area contributed by atoms with Gasteiger partial charge >= 0.3 is 0 Å². The fraction of sp³-hybridized carbons (Fsp3) is 0.786. The molecule has 0 N–H and O–H groups in total. The van der Waals surface area contributed by atoms with Crippen LogP contribution in [0.15, 0.2) is 12.2 Å². The summed E-state index contributed by atoms with van der Waals surface area (Å²) in [6.45, 7) is 11.5. The number of allylic oxidation sites excluding steroid dienone is 2. The minimum absolute atomic E-state index is 0.149. The maximum Gasteiger partial charge on any atom is 0.140 e. The number of carbonyl (C=O) groups is 1. The van der Waals surface area contributed by atoms with E-state index in [2.05, 4.69) is 46.8 Å². The fourth-order valence-corrected chi connectivity index (χ4v) is 3.84. The Morgan fingerprint density at radius 3 is 2.33 bits per heavy atom. The first-order valence-corrected chi connectivity index (χ1v) is 5.99. The molecule has 2 aliphatic rings. The molecule has 0 saturated heterocycles. The highest BCUT2D eigenvalue weighted by Crippen LogP contribution is 2.62. The smallest absolute Gasteiger partial charge is 0.140 e. The molecule has 0 spiro atoms. The Morgan fingerprint density at radius 2 is 1.80 bits per heavy atom. The lowest BCUT2D eigenvalue weighted by Gasteiger charge is -2.33. The van der Waals surface area contributed by atoms with Crippen LogP contribution >= 0.6 is 0 Å². The second kappa shape index (κ2) is 2.96. The van der Waals surface area contributed by atoms with Gasteiger partial charge in [0.05, 0.1) is 0 Å². The van der Waals surface area contributed by atoms with Crippen molar-refractivity contribution in [2.75, 3.05) is 0 Å². The highest BCUT2D eigenvalue weighted by Gasteiger charge is 2.59. The van der Waals surface area contributed by atoms with Gasteiger partial charge in [0.2, 0.25) is 0 Å². The van der Waals surface area contributed by atoms with Gasteiger partial charge in [0.25, 0.3) is 0 Å². The molecule has 0 aliphatic heterocycles. The van der Waals surface area contributed by atoms with Crippen molar-refractivity contribution in [1.29, 1.82) is 0 Å². The van der Waals surface area contributed by atoms with Crippen molar-refractivity contribution in [2.45, 2.75) is 41.0 Å². The average molecular weight is 206 g/mol. The molecule has 1 nitrogen and oxygen atoms in total. The summed E-state index contributed by atoms with van der Waals surface area (Å²) in [6, 6.07) is 0. The minimum atomic E-state index is 0.149. The second-order valence-corrected chi connectivity index (χ2v) is 6.47. The molecular weight excluding hydrogens is 184 g/mol. The molecule has 0 aromatic heterocycles. The average Bonchev–Trinajstić information content (AvgIpc) is 2.27. The van der Waals surface area contributed by atoms with E-state index in [1.54, 1.807) is 0 Å². The van der Waals surface area contributed by atoms with Gasteiger partial charge in [-0.05, 0) is 22.7 Å². The van der Waals surface area contributed by atoms with E-state index in [4.69, 9.17) is 0 Å². The summed E-state index contributed by atoms with van der Waals surface area (Å²) in [6.07, 6.45) is 5.00. The van der Waals surface area contributed by atoms with Crippen molar-refractivity contribution >= 4 is 5.78 Å². The molecule has 0 aromatic carbocycles. The Labute approximate surface area is 92.9 Å². The summed E-state index contributed by atoms with van der Waals surface area (Å²) < 4.78 is 0. The van der Waals surface area contributed by atoms with Crippen LogP contribution in [0.25, 0.3) is 0 Å². The third-order valence-electron chi connectivity index (χ3n) is 5.26. The number of hydrogen-bond acceptors (Lipinski definition) is 1. The van der Waals surface area contributed by atoms with E-state index in [9.17, 15) is 4.79 Å². The fourth-order valence-electron chi connectivity index (χ4n) is 3.84. The Morgan fingerprint density at radius 1 is 1.20 bits per heavy atom. The van der Waals surface area contributed by atoms with E-state index in [1.807, 2.05) is 0 Å².